The van der Waals surface area contributed by atoms with Crippen LogP contribution in [0.2, 0.25) is 0 Å². The molecule has 0 aliphatic heterocycles. The largest absolute Gasteiger partial charge is 0.252 e. The lowest BCUT2D eigenvalue weighted by molar-refractivity contribution is 0.381. The van der Waals surface area contributed by atoms with E-state index < -0.39 is 80.7 Å². The highest BCUT2D eigenvalue weighted by molar-refractivity contribution is 5.81. The van der Waals surface area contributed by atoms with Gasteiger partial charge in [0.15, 0.2) is 46.5 Å². The van der Waals surface area contributed by atoms with Gasteiger partial charge in [-0.3, -0.25) is 9.97 Å². The maximum atomic E-state index is 14.8. The maximum Gasteiger partial charge on any atom is 0.200 e. The summed E-state index contributed by atoms with van der Waals surface area (Å²) in [6.07, 6.45) is 0.508. The van der Waals surface area contributed by atoms with E-state index in [4.69, 9.17) is 0 Å². The number of nitrogens with zero attached hydrogens (tertiary/aromatic N) is 2. The molecule has 0 saturated carbocycles. The van der Waals surface area contributed by atoms with Gasteiger partial charge in [0.1, 0.15) is 0 Å². The van der Waals surface area contributed by atoms with Crippen LogP contribution in [0.1, 0.15) is 36.4 Å². The van der Waals surface area contributed by atoms with Crippen molar-refractivity contribution in [1.82, 2.24) is 9.97 Å². The Kier molecular flexibility index (Phi) is 8.67. The molecule has 0 radical (unpaired) electrons. The molecule has 0 N–H and O–H groups in total. The Morgan fingerprint density at radius 1 is 0.435 bits per heavy atom. The van der Waals surface area contributed by atoms with Gasteiger partial charge in [-0.1, -0.05) is 38.1 Å². The molecule has 12 heteroatoms. The van der Waals surface area contributed by atoms with E-state index >= 15 is 0 Å². The van der Waals surface area contributed by atoms with Crippen LogP contribution in [0.3, 0.4) is 0 Å². The molecule has 238 valence electrons. The molecule has 2 nitrogen and oxygen atoms in total. The quantitative estimate of drug-likeness (QED) is 0.104. The van der Waals surface area contributed by atoms with Crippen LogP contribution in [0.15, 0.2) is 36.4 Å². The summed E-state index contributed by atoms with van der Waals surface area (Å²) in [5, 5.41) is 0. The Labute approximate surface area is 256 Å². The second kappa shape index (κ2) is 12.2. The molecule has 0 amide bonds. The van der Waals surface area contributed by atoms with E-state index in [2.05, 4.69) is 9.97 Å². The Balaban J connectivity index is 1.67. The zero-order valence-corrected chi connectivity index (χ0v) is 24.6. The van der Waals surface area contributed by atoms with E-state index in [1.165, 1.54) is 13.8 Å². The van der Waals surface area contributed by atoms with Crippen molar-refractivity contribution in [3.8, 4) is 44.8 Å². The molecular formula is C34H22F10N2. The van der Waals surface area contributed by atoms with Gasteiger partial charge in [0.25, 0.3) is 0 Å². The van der Waals surface area contributed by atoms with Gasteiger partial charge in [-0.05, 0) is 72.2 Å². The molecule has 46 heavy (non-hydrogen) atoms. The van der Waals surface area contributed by atoms with Crippen molar-refractivity contribution in [3.63, 3.8) is 0 Å². The van der Waals surface area contributed by atoms with Crippen LogP contribution in [-0.2, 0) is 12.8 Å². The van der Waals surface area contributed by atoms with E-state index in [1.807, 2.05) is 0 Å². The Bertz CT molecular complexity index is 1830. The Morgan fingerprint density at radius 3 is 0.957 bits per heavy atom. The predicted molar refractivity (Wildman–Crippen MR) is 152 cm³/mol. The fourth-order valence-corrected chi connectivity index (χ4v) is 5.23. The monoisotopic (exact) mass is 648 g/mol. The molecule has 0 fully saturated rings. The van der Waals surface area contributed by atoms with Crippen LogP contribution in [0.5, 0.6) is 0 Å². The third kappa shape index (κ3) is 5.19. The third-order valence-corrected chi connectivity index (χ3v) is 7.78. The third-order valence-electron chi connectivity index (χ3n) is 7.78. The van der Waals surface area contributed by atoms with Crippen LogP contribution < -0.4 is 0 Å². The molecule has 0 spiro atoms. The first kappa shape index (κ1) is 32.6. The van der Waals surface area contributed by atoms with Crippen molar-refractivity contribution in [3.05, 3.63) is 117 Å². The maximum absolute atomic E-state index is 14.8. The normalized spacial score (nSPS) is 11.4. The zero-order chi connectivity index (χ0) is 33.8. The summed E-state index contributed by atoms with van der Waals surface area (Å²) in [6, 6.07) is 9.56. The molecule has 3 aromatic carbocycles. The SMILES string of the molecule is CCc1cc(-c2ccc(-c3cc(CC)nc(-c4c(F)c(F)c(F)c(F)c4F)c3C)cc2)c(C)c(-c2c(F)c(F)c(F)c(F)c2F)n1. The van der Waals surface area contributed by atoms with E-state index in [9.17, 15) is 43.9 Å². The molecule has 0 aliphatic rings. The van der Waals surface area contributed by atoms with Crippen molar-refractivity contribution in [1.29, 1.82) is 0 Å². The summed E-state index contributed by atoms with van der Waals surface area (Å²) >= 11 is 0. The zero-order valence-electron chi connectivity index (χ0n) is 24.6. The first-order valence-corrected chi connectivity index (χ1v) is 13.9. The van der Waals surface area contributed by atoms with Gasteiger partial charge in [0.05, 0.1) is 22.5 Å². The van der Waals surface area contributed by atoms with Crippen LogP contribution in [-0.4, -0.2) is 9.97 Å². The number of benzene rings is 3. The predicted octanol–water partition coefficient (Wildman–Crippen LogP) is 10.3. The molecule has 2 heterocycles. The molecule has 0 aliphatic carbocycles. The van der Waals surface area contributed by atoms with Crippen molar-refractivity contribution < 1.29 is 43.9 Å². The minimum Gasteiger partial charge on any atom is -0.252 e. The minimum atomic E-state index is -2.29. The molecule has 0 atom stereocenters. The van der Waals surface area contributed by atoms with Gasteiger partial charge in [-0.25, -0.2) is 43.9 Å². The van der Waals surface area contributed by atoms with E-state index in [-0.39, 0.29) is 24.0 Å². The minimum absolute atomic E-state index is 0.120. The van der Waals surface area contributed by atoms with Gasteiger partial charge in [0, 0.05) is 11.4 Å². The summed E-state index contributed by atoms with van der Waals surface area (Å²) in [5.41, 5.74) is -0.679. The standard InChI is InChI=1S/C34H22F10N2/c1-5-17-11-19(13(3)33(45-17)21-23(35)27(39)31(43)28(40)24(21)36)15-7-9-16(10-8-15)20-12-18(6-2)46-34(14(20)4)22-25(37)29(41)32(44)30(42)26(22)38/h7-12H,5-6H2,1-4H3. The second-order valence-corrected chi connectivity index (χ2v) is 10.4. The summed E-state index contributed by atoms with van der Waals surface area (Å²) in [7, 11) is 0. The van der Waals surface area contributed by atoms with Crippen molar-refractivity contribution in [2.24, 2.45) is 0 Å². The van der Waals surface area contributed by atoms with Gasteiger partial charge in [-0.15, -0.1) is 0 Å². The Morgan fingerprint density at radius 2 is 0.696 bits per heavy atom. The number of aromatic nitrogens is 2. The summed E-state index contributed by atoms with van der Waals surface area (Å²) in [5.74, 6) is -21.1. The lowest BCUT2D eigenvalue weighted by Gasteiger charge is -2.17. The fraction of sp³-hybridized carbons (Fsp3) is 0.176. The molecular weight excluding hydrogens is 626 g/mol. The van der Waals surface area contributed by atoms with Crippen molar-refractivity contribution in [2.45, 2.75) is 40.5 Å². The lowest BCUT2D eigenvalue weighted by atomic mass is 9.91. The van der Waals surface area contributed by atoms with E-state index in [0.29, 0.717) is 33.6 Å². The smallest absolute Gasteiger partial charge is 0.200 e. The second-order valence-electron chi connectivity index (χ2n) is 10.4. The first-order valence-electron chi connectivity index (χ1n) is 13.9. The topological polar surface area (TPSA) is 25.8 Å². The molecule has 5 rings (SSSR count). The lowest BCUT2D eigenvalue weighted by Crippen LogP contribution is -2.07. The fourth-order valence-electron chi connectivity index (χ4n) is 5.23. The highest BCUT2D eigenvalue weighted by Crippen LogP contribution is 2.39. The number of hydrogen-bond acceptors (Lipinski definition) is 2. The number of aryl methyl sites for hydroxylation is 2. The van der Waals surface area contributed by atoms with Crippen LogP contribution in [0.25, 0.3) is 44.8 Å². The summed E-state index contributed by atoms with van der Waals surface area (Å²) in [6.45, 7) is 6.21. The van der Waals surface area contributed by atoms with E-state index in [1.54, 1.807) is 50.2 Å². The van der Waals surface area contributed by atoms with E-state index in [0.717, 1.165) is 0 Å². The average molecular weight is 649 g/mol. The summed E-state index contributed by atoms with van der Waals surface area (Å²) < 4.78 is 143. The molecule has 0 bridgehead atoms. The number of hydrogen-bond donors (Lipinski definition) is 0. The molecule has 0 unspecified atom stereocenters. The Hall–Kier alpha value is -4.74. The highest BCUT2D eigenvalue weighted by Gasteiger charge is 2.30. The van der Waals surface area contributed by atoms with Crippen LogP contribution in [0, 0.1) is 72.0 Å². The first-order chi connectivity index (χ1) is 21.7. The molecule has 2 aromatic heterocycles. The number of halogens is 10. The van der Waals surface area contributed by atoms with Crippen LogP contribution in [0.4, 0.5) is 43.9 Å². The van der Waals surface area contributed by atoms with Gasteiger partial charge >= 0.3 is 0 Å². The van der Waals surface area contributed by atoms with Crippen LogP contribution >= 0.6 is 0 Å². The van der Waals surface area contributed by atoms with Gasteiger partial charge in [0.2, 0.25) is 11.6 Å². The van der Waals surface area contributed by atoms with Crippen molar-refractivity contribution in [2.75, 3.05) is 0 Å². The average Bonchev–Trinajstić information content (AvgIpc) is 3.06. The summed E-state index contributed by atoms with van der Waals surface area (Å²) in [4.78, 5) is 8.33. The number of pyridine rings is 2. The molecule has 5 aromatic rings. The van der Waals surface area contributed by atoms with Gasteiger partial charge < -0.3 is 0 Å². The van der Waals surface area contributed by atoms with Gasteiger partial charge in [-0.2, -0.15) is 0 Å². The molecule has 0 saturated heterocycles. The highest BCUT2D eigenvalue weighted by atomic mass is 19.2. The van der Waals surface area contributed by atoms with Crippen molar-refractivity contribution >= 4 is 0 Å². The number of rotatable bonds is 6.